The van der Waals surface area contributed by atoms with Gasteiger partial charge in [-0.1, -0.05) is 44.2 Å². The summed E-state index contributed by atoms with van der Waals surface area (Å²) >= 11 is 1.62. The van der Waals surface area contributed by atoms with Gasteiger partial charge in [0.25, 0.3) is 0 Å². The number of thiazole rings is 1. The van der Waals surface area contributed by atoms with Crippen LogP contribution in [0.3, 0.4) is 0 Å². The summed E-state index contributed by atoms with van der Waals surface area (Å²) in [6.45, 7) is 7.30. The SMILES string of the molecule is Cc1nc2n(n1)CCN(C(=O)CCc1nc3ccccc3s1)CCCC(=O)N[C@H](Cc1c[nH]c3ccccc13)C(=O)N[C@H]2CC(C)C. The minimum atomic E-state index is -0.789. The summed E-state index contributed by atoms with van der Waals surface area (Å²) < 4.78 is 2.94. The van der Waals surface area contributed by atoms with E-state index >= 15 is 0 Å². The average molecular weight is 655 g/mol. The van der Waals surface area contributed by atoms with E-state index in [2.05, 4.69) is 34.6 Å². The van der Waals surface area contributed by atoms with Crippen LogP contribution >= 0.6 is 11.3 Å². The highest BCUT2D eigenvalue weighted by atomic mass is 32.1. The molecule has 47 heavy (non-hydrogen) atoms. The van der Waals surface area contributed by atoms with Crippen LogP contribution in [0, 0.1) is 12.8 Å². The molecule has 6 rings (SSSR count). The van der Waals surface area contributed by atoms with E-state index in [0.29, 0.717) is 63.4 Å². The Morgan fingerprint density at radius 2 is 1.81 bits per heavy atom. The van der Waals surface area contributed by atoms with Crippen LogP contribution in [0.15, 0.2) is 54.7 Å². The second-order valence-electron chi connectivity index (χ2n) is 12.7. The van der Waals surface area contributed by atoms with E-state index in [0.717, 1.165) is 31.7 Å². The third-order valence-corrected chi connectivity index (χ3v) is 9.65. The molecule has 3 amide bonds. The number of aromatic amines is 1. The maximum atomic E-state index is 13.9. The Kier molecular flexibility index (Phi) is 9.95. The number of aromatic nitrogens is 5. The van der Waals surface area contributed by atoms with Gasteiger partial charge >= 0.3 is 0 Å². The van der Waals surface area contributed by atoms with E-state index in [1.165, 1.54) is 0 Å². The predicted octanol–water partition coefficient (Wildman–Crippen LogP) is 4.86. The van der Waals surface area contributed by atoms with Crippen molar-refractivity contribution in [2.24, 2.45) is 5.92 Å². The Morgan fingerprint density at radius 3 is 2.64 bits per heavy atom. The topological polar surface area (TPSA) is 138 Å². The molecule has 0 unspecified atom stereocenters. The second kappa shape index (κ2) is 14.5. The first-order valence-corrected chi connectivity index (χ1v) is 17.2. The van der Waals surface area contributed by atoms with Gasteiger partial charge in [-0.05, 0) is 49.4 Å². The van der Waals surface area contributed by atoms with Crippen molar-refractivity contribution in [1.82, 2.24) is 40.3 Å². The number of carbonyl (C=O) groups is 3. The highest BCUT2D eigenvalue weighted by molar-refractivity contribution is 7.18. The smallest absolute Gasteiger partial charge is 0.243 e. The molecule has 12 heteroatoms. The number of aryl methyl sites for hydroxylation is 2. The van der Waals surface area contributed by atoms with Gasteiger partial charge in [-0.3, -0.25) is 14.4 Å². The van der Waals surface area contributed by atoms with Crippen molar-refractivity contribution >= 4 is 50.2 Å². The minimum absolute atomic E-state index is 0.0133. The highest BCUT2D eigenvalue weighted by Crippen LogP contribution is 2.24. The number of H-pyrrole nitrogens is 1. The zero-order valence-electron chi connectivity index (χ0n) is 27.2. The molecule has 0 radical (unpaired) electrons. The molecule has 1 aliphatic rings. The number of benzene rings is 2. The lowest BCUT2D eigenvalue weighted by Gasteiger charge is -2.27. The third kappa shape index (κ3) is 7.87. The maximum Gasteiger partial charge on any atom is 0.243 e. The summed E-state index contributed by atoms with van der Waals surface area (Å²) in [7, 11) is 0. The van der Waals surface area contributed by atoms with Gasteiger partial charge < -0.3 is 20.5 Å². The first-order chi connectivity index (χ1) is 22.7. The number of carbonyl (C=O) groups excluding carboxylic acids is 3. The monoisotopic (exact) mass is 654 g/mol. The van der Waals surface area contributed by atoms with Crippen molar-refractivity contribution in [1.29, 1.82) is 0 Å². The van der Waals surface area contributed by atoms with Gasteiger partial charge in [-0.2, -0.15) is 5.10 Å². The van der Waals surface area contributed by atoms with Gasteiger partial charge in [0.05, 0.1) is 27.8 Å². The zero-order chi connectivity index (χ0) is 32.9. The van der Waals surface area contributed by atoms with E-state index in [4.69, 9.17) is 9.97 Å². The van der Waals surface area contributed by atoms with Crippen molar-refractivity contribution in [2.75, 3.05) is 13.1 Å². The predicted molar refractivity (Wildman–Crippen MR) is 183 cm³/mol. The van der Waals surface area contributed by atoms with E-state index in [9.17, 15) is 14.4 Å². The lowest BCUT2D eigenvalue weighted by molar-refractivity contribution is -0.132. The molecule has 0 aliphatic carbocycles. The first kappa shape index (κ1) is 32.4. The van der Waals surface area contributed by atoms with Crippen LogP contribution in [0.2, 0.25) is 0 Å². The fraction of sp³-hybridized carbons (Fsp3) is 0.429. The number of nitrogens with zero attached hydrogens (tertiary/aromatic N) is 5. The number of para-hydroxylation sites is 2. The molecule has 246 valence electrons. The Labute approximate surface area is 278 Å². The minimum Gasteiger partial charge on any atom is -0.361 e. The molecular formula is C35H42N8O3S. The van der Waals surface area contributed by atoms with Crippen LogP contribution in [0.5, 0.6) is 0 Å². The quantitative estimate of drug-likeness (QED) is 0.229. The van der Waals surface area contributed by atoms with Gasteiger partial charge in [0.2, 0.25) is 17.7 Å². The van der Waals surface area contributed by atoms with E-state index in [1.807, 2.05) is 71.2 Å². The molecule has 11 nitrogen and oxygen atoms in total. The van der Waals surface area contributed by atoms with E-state index in [-0.39, 0.29) is 30.1 Å². The Balaban J connectivity index is 1.24. The van der Waals surface area contributed by atoms with Crippen molar-refractivity contribution in [3.8, 4) is 0 Å². The normalized spacial score (nSPS) is 18.3. The van der Waals surface area contributed by atoms with E-state index < -0.39 is 12.1 Å². The summed E-state index contributed by atoms with van der Waals surface area (Å²) in [6, 6.07) is 14.7. The van der Waals surface area contributed by atoms with E-state index in [1.54, 1.807) is 11.3 Å². The molecule has 5 aromatic rings. The van der Waals surface area contributed by atoms with Crippen LogP contribution in [0.1, 0.15) is 67.8 Å². The Bertz CT molecular complexity index is 1840. The molecule has 0 spiro atoms. The molecule has 4 heterocycles. The molecule has 2 aromatic carbocycles. The summed E-state index contributed by atoms with van der Waals surface area (Å²) in [5.41, 5.74) is 2.88. The molecular weight excluding hydrogens is 613 g/mol. The number of hydrogen-bond acceptors (Lipinski definition) is 7. The summed E-state index contributed by atoms with van der Waals surface area (Å²) in [6.07, 6.45) is 4.43. The zero-order valence-corrected chi connectivity index (χ0v) is 28.0. The lowest BCUT2D eigenvalue weighted by atomic mass is 10.0. The maximum absolute atomic E-state index is 13.9. The molecule has 0 saturated heterocycles. The lowest BCUT2D eigenvalue weighted by Crippen LogP contribution is -2.49. The fourth-order valence-electron chi connectivity index (χ4n) is 6.27. The average Bonchev–Trinajstić information content (AvgIpc) is 3.76. The van der Waals surface area contributed by atoms with Crippen molar-refractivity contribution in [3.05, 3.63) is 76.9 Å². The molecule has 0 saturated carbocycles. The van der Waals surface area contributed by atoms with Gasteiger partial charge in [0.15, 0.2) is 0 Å². The first-order valence-electron chi connectivity index (χ1n) is 16.4. The van der Waals surface area contributed by atoms with Crippen LogP contribution in [-0.4, -0.2) is 66.5 Å². The largest absolute Gasteiger partial charge is 0.361 e. The second-order valence-corrected chi connectivity index (χ2v) is 13.8. The van der Waals surface area contributed by atoms with Crippen molar-refractivity contribution < 1.29 is 14.4 Å². The van der Waals surface area contributed by atoms with Gasteiger partial charge in [-0.15, -0.1) is 11.3 Å². The van der Waals surface area contributed by atoms with Crippen LogP contribution in [-0.2, 0) is 33.8 Å². The summed E-state index contributed by atoms with van der Waals surface area (Å²) in [5, 5.41) is 12.9. The Morgan fingerprint density at radius 1 is 1.00 bits per heavy atom. The molecule has 0 bridgehead atoms. The summed E-state index contributed by atoms with van der Waals surface area (Å²) in [5.74, 6) is 1.05. The highest BCUT2D eigenvalue weighted by Gasteiger charge is 2.29. The molecule has 2 atom stereocenters. The number of nitrogens with one attached hydrogen (secondary N) is 3. The molecule has 1 aliphatic heterocycles. The standard InChI is InChI=1S/C35H42N8O3S/c1-22(2)19-28-34-37-23(3)41-43(34)18-17-42(33(45)15-14-32-39-27-11-6-7-12-30(27)47-32)16-8-13-31(44)38-29(35(46)40-28)20-24-21-36-26-10-5-4-9-25(24)26/h4-7,9-12,21-22,28-29,36H,8,13-20H2,1-3H3,(H,38,44)(H,40,46)/t28-,29+/m0/s1. The number of hydrogen-bond donors (Lipinski definition) is 3. The van der Waals surface area contributed by atoms with Gasteiger partial charge in [0, 0.05) is 55.9 Å². The van der Waals surface area contributed by atoms with Crippen LogP contribution in [0.4, 0.5) is 0 Å². The number of amides is 3. The molecule has 3 aromatic heterocycles. The molecule has 0 fully saturated rings. The third-order valence-electron chi connectivity index (χ3n) is 8.55. The Hall–Kier alpha value is -4.58. The van der Waals surface area contributed by atoms with Crippen molar-refractivity contribution in [2.45, 2.75) is 77.9 Å². The number of rotatable bonds is 7. The summed E-state index contributed by atoms with van der Waals surface area (Å²) in [4.78, 5) is 55.4. The fourth-order valence-corrected chi connectivity index (χ4v) is 7.24. The van der Waals surface area contributed by atoms with Gasteiger partial charge in [0.1, 0.15) is 17.7 Å². The van der Waals surface area contributed by atoms with Crippen molar-refractivity contribution in [3.63, 3.8) is 0 Å². The van der Waals surface area contributed by atoms with Crippen LogP contribution < -0.4 is 10.6 Å². The van der Waals surface area contributed by atoms with Crippen LogP contribution in [0.25, 0.3) is 21.1 Å². The van der Waals surface area contributed by atoms with Gasteiger partial charge in [-0.25, -0.2) is 14.6 Å². The molecule has 3 N–H and O–H groups in total. The number of fused-ring (bicyclic) bond motifs is 3.